The minimum absolute atomic E-state index is 0.142. The van der Waals surface area contributed by atoms with E-state index >= 15 is 0 Å². The Morgan fingerprint density at radius 1 is 1.33 bits per heavy atom. The summed E-state index contributed by atoms with van der Waals surface area (Å²) in [5, 5.41) is 3.64. The maximum absolute atomic E-state index is 12.4. The van der Waals surface area contributed by atoms with Crippen LogP contribution in [0.4, 0.5) is 10.8 Å². The fourth-order valence-corrected chi connectivity index (χ4v) is 5.32. The Kier molecular flexibility index (Phi) is 5.14. The van der Waals surface area contributed by atoms with E-state index < -0.39 is 9.84 Å². The van der Waals surface area contributed by atoms with Crippen molar-refractivity contribution in [3.8, 4) is 0 Å². The zero-order valence-electron chi connectivity index (χ0n) is 12.9. The molecule has 5 nitrogen and oxygen atoms in total. The van der Waals surface area contributed by atoms with E-state index in [1.165, 1.54) is 6.42 Å². The summed E-state index contributed by atoms with van der Waals surface area (Å²) in [6, 6.07) is 0.219. The lowest BCUT2D eigenvalue weighted by Crippen LogP contribution is -2.17. The molecular weight excluding hydrogens is 306 g/mol. The van der Waals surface area contributed by atoms with E-state index in [9.17, 15) is 8.42 Å². The average molecular weight is 332 g/mol. The molecule has 0 radical (unpaired) electrons. The van der Waals surface area contributed by atoms with Crippen LogP contribution in [0, 0.1) is 5.92 Å². The Morgan fingerprint density at radius 2 is 2.00 bits per heavy atom. The first-order chi connectivity index (χ1) is 9.82. The molecule has 0 aliphatic heterocycles. The second-order valence-corrected chi connectivity index (χ2v) is 9.28. The fourth-order valence-electron chi connectivity index (χ4n) is 2.33. The first-order valence-corrected chi connectivity index (χ1v) is 9.90. The molecule has 21 heavy (non-hydrogen) atoms. The van der Waals surface area contributed by atoms with Crippen LogP contribution in [-0.2, 0) is 9.84 Å². The molecule has 1 saturated carbocycles. The second-order valence-electron chi connectivity index (χ2n) is 6.34. The quantitative estimate of drug-likeness (QED) is 0.763. The highest BCUT2D eigenvalue weighted by Crippen LogP contribution is 2.41. The Balaban J connectivity index is 2.04. The highest BCUT2D eigenvalue weighted by Gasteiger charge is 2.40. The van der Waals surface area contributed by atoms with Crippen LogP contribution in [-0.4, -0.2) is 24.1 Å². The lowest BCUT2D eigenvalue weighted by atomic mass is 10.0. The second kappa shape index (κ2) is 6.52. The number of sulfone groups is 1. The molecule has 1 unspecified atom stereocenters. The van der Waals surface area contributed by atoms with Crippen LogP contribution in [0.5, 0.6) is 0 Å². The molecule has 120 valence electrons. The van der Waals surface area contributed by atoms with Crippen LogP contribution in [0.3, 0.4) is 0 Å². The van der Waals surface area contributed by atoms with E-state index in [4.69, 9.17) is 5.73 Å². The van der Waals surface area contributed by atoms with Crippen LogP contribution in [0.25, 0.3) is 0 Å². The Labute approximate surface area is 131 Å². The van der Waals surface area contributed by atoms with Gasteiger partial charge in [0.2, 0.25) is 0 Å². The predicted octanol–water partition coefficient (Wildman–Crippen LogP) is 3.29. The van der Waals surface area contributed by atoms with E-state index in [2.05, 4.69) is 30.5 Å². The van der Waals surface area contributed by atoms with E-state index in [0.717, 1.165) is 37.2 Å². The van der Waals surface area contributed by atoms with Crippen molar-refractivity contribution in [2.24, 2.45) is 5.92 Å². The third-order valence-corrected chi connectivity index (χ3v) is 6.97. The minimum Gasteiger partial charge on any atom is -0.382 e. The Morgan fingerprint density at radius 3 is 2.57 bits per heavy atom. The zero-order valence-corrected chi connectivity index (χ0v) is 14.6. The van der Waals surface area contributed by atoms with Crippen molar-refractivity contribution in [2.45, 2.75) is 69.1 Å². The molecule has 1 aliphatic rings. The summed E-state index contributed by atoms with van der Waals surface area (Å²) in [6.45, 7) is 6.49. The van der Waals surface area contributed by atoms with Crippen molar-refractivity contribution in [3.63, 3.8) is 0 Å². The molecule has 1 heterocycles. The van der Waals surface area contributed by atoms with Gasteiger partial charge in [-0.05, 0) is 43.6 Å². The number of aromatic nitrogens is 1. The minimum atomic E-state index is -3.30. The fraction of sp³-hybridized carbons (Fsp3) is 0.786. The molecule has 0 spiro atoms. The van der Waals surface area contributed by atoms with E-state index in [1.807, 2.05) is 0 Å². The highest BCUT2D eigenvalue weighted by atomic mass is 32.2. The standard InChI is InChI=1S/C14H25N3O2S2/c1-9(2)5-4-6-10(3)16-14-12(13(15)17-20-14)21(18,19)11-7-8-11/h9-11,16H,4-8H2,1-3H3,(H2,15,17). The molecule has 1 aromatic heterocycles. The number of nitrogens with zero attached hydrogens (tertiary/aromatic N) is 1. The molecule has 2 rings (SSSR count). The summed E-state index contributed by atoms with van der Waals surface area (Å²) in [7, 11) is -3.30. The van der Waals surface area contributed by atoms with Crippen LogP contribution < -0.4 is 11.1 Å². The van der Waals surface area contributed by atoms with E-state index in [-0.39, 0.29) is 22.0 Å². The number of anilines is 2. The summed E-state index contributed by atoms with van der Waals surface area (Å²) < 4.78 is 28.9. The van der Waals surface area contributed by atoms with Crippen molar-refractivity contribution < 1.29 is 8.42 Å². The van der Waals surface area contributed by atoms with Gasteiger partial charge in [0.15, 0.2) is 15.7 Å². The van der Waals surface area contributed by atoms with E-state index in [1.54, 1.807) is 0 Å². The predicted molar refractivity (Wildman–Crippen MR) is 88.5 cm³/mol. The van der Waals surface area contributed by atoms with Crippen molar-refractivity contribution in [1.82, 2.24) is 4.37 Å². The third kappa shape index (κ3) is 4.10. The summed E-state index contributed by atoms with van der Waals surface area (Å²) in [5.41, 5.74) is 5.79. The van der Waals surface area contributed by atoms with Gasteiger partial charge in [-0.1, -0.05) is 26.7 Å². The molecule has 0 amide bonds. The maximum atomic E-state index is 12.4. The SMILES string of the molecule is CC(C)CCCC(C)Nc1snc(N)c1S(=O)(=O)C1CC1. The summed E-state index contributed by atoms with van der Waals surface area (Å²) >= 11 is 1.15. The number of nitrogens with two attached hydrogens (primary N) is 1. The highest BCUT2D eigenvalue weighted by molar-refractivity contribution is 7.92. The third-order valence-electron chi connectivity index (χ3n) is 3.72. The maximum Gasteiger partial charge on any atom is 0.187 e. The van der Waals surface area contributed by atoms with Crippen LogP contribution in [0.1, 0.15) is 52.9 Å². The monoisotopic (exact) mass is 331 g/mol. The normalized spacial score (nSPS) is 17.1. The van der Waals surface area contributed by atoms with Crippen LogP contribution in [0.2, 0.25) is 0 Å². The van der Waals surface area contributed by atoms with Crippen molar-refractivity contribution in [3.05, 3.63) is 0 Å². The molecule has 0 aromatic carbocycles. The number of hydrogen-bond acceptors (Lipinski definition) is 6. The number of nitrogens with one attached hydrogen (secondary N) is 1. The molecule has 3 N–H and O–H groups in total. The van der Waals surface area contributed by atoms with Gasteiger partial charge in [-0.3, -0.25) is 0 Å². The molecule has 1 atom stereocenters. The molecule has 7 heteroatoms. The van der Waals surface area contributed by atoms with Crippen LogP contribution in [0.15, 0.2) is 4.90 Å². The van der Waals surface area contributed by atoms with Gasteiger partial charge in [-0.15, -0.1) is 0 Å². The molecule has 0 saturated heterocycles. The van der Waals surface area contributed by atoms with Gasteiger partial charge in [0.25, 0.3) is 0 Å². The van der Waals surface area contributed by atoms with Gasteiger partial charge in [0.1, 0.15) is 9.90 Å². The lowest BCUT2D eigenvalue weighted by Gasteiger charge is -2.15. The van der Waals surface area contributed by atoms with E-state index in [0.29, 0.717) is 10.9 Å². The van der Waals surface area contributed by atoms with Crippen molar-refractivity contribution in [2.75, 3.05) is 11.1 Å². The zero-order chi connectivity index (χ0) is 15.6. The Hall–Kier alpha value is -0.820. The number of rotatable bonds is 8. The van der Waals surface area contributed by atoms with Gasteiger partial charge < -0.3 is 11.1 Å². The smallest absolute Gasteiger partial charge is 0.187 e. The average Bonchev–Trinajstić information content (AvgIpc) is 3.15. The van der Waals surface area contributed by atoms with Gasteiger partial charge >= 0.3 is 0 Å². The summed E-state index contributed by atoms with van der Waals surface area (Å²) in [6.07, 6.45) is 4.80. The van der Waals surface area contributed by atoms with Gasteiger partial charge in [0.05, 0.1) is 5.25 Å². The largest absolute Gasteiger partial charge is 0.382 e. The van der Waals surface area contributed by atoms with Gasteiger partial charge in [0, 0.05) is 6.04 Å². The summed E-state index contributed by atoms with van der Waals surface area (Å²) in [4.78, 5) is 0.228. The first-order valence-electron chi connectivity index (χ1n) is 7.58. The summed E-state index contributed by atoms with van der Waals surface area (Å²) in [5.74, 6) is 0.839. The molecule has 0 bridgehead atoms. The van der Waals surface area contributed by atoms with Crippen molar-refractivity contribution in [1.29, 1.82) is 0 Å². The van der Waals surface area contributed by atoms with Crippen molar-refractivity contribution >= 4 is 32.2 Å². The topological polar surface area (TPSA) is 85.1 Å². The lowest BCUT2D eigenvalue weighted by molar-refractivity contribution is 0.520. The van der Waals surface area contributed by atoms with Crippen LogP contribution >= 0.6 is 11.5 Å². The first kappa shape index (κ1) is 16.5. The number of hydrogen-bond donors (Lipinski definition) is 2. The molecule has 1 aliphatic carbocycles. The molecule has 1 fully saturated rings. The molecular formula is C14H25N3O2S2. The molecule has 1 aromatic rings. The van der Waals surface area contributed by atoms with Gasteiger partial charge in [-0.25, -0.2) is 8.42 Å². The number of nitrogen functional groups attached to an aromatic ring is 1. The Bertz CT molecular complexity index is 577. The van der Waals surface area contributed by atoms with Gasteiger partial charge in [-0.2, -0.15) is 4.37 Å².